The minimum absolute atomic E-state index is 0.0138. The lowest BCUT2D eigenvalue weighted by Gasteiger charge is -2.24. The number of para-hydroxylation sites is 1. The monoisotopic (exact) mass is 428 g/mol. The van der Waals surface area contributed by atoms with Crippen LogP contribution in [0, 0.1) is 11.6 Å². The maximum absolute atomic E-state index is 13.8. The summed E-state index contributed by atoms with van der Waals surface area (Å²) in [4.78, 5) is 12.5. The Balaban J connectivity index is 1.66. The molecule has 3 aromatic carbocycles. The second-order valence-electron chi connectivity index (χ2n) is 7.09. The number of hydrogen-bond donors (Lipinski definition) is 1. The Morgan fingerprint density at radius 1 is 1.03 bits per heavy atom. The topological polar surface area (TPSA) is 66.5 Å². The molecule has 30 heavy (non-hydrogen) atoms. The van der Waals surface area contributed by atoms with E-state index in [4.69, 9.17) is 0 Å². The highest BCUT2D eigenvalue weighted by Gasteiger charge is 2.36. The summed E-state index contributed by atoms with van der Waals surface area (Å²) in [6, 6.07) is 15.2. The number of hydrogen-bond acceptors (Lipinski definition) is 3. The summed E-state index contributed by atoms with van der Waals surface area (Å²) >= 11 is 0. The Labute approximate surface area is 173 Å². The number of nitrogens with zero attached hydrogens (tertiary/aromatic N) is 1. The summed E-state index contributed by atoms with van der Waals surface area (Å²) in [5.41, 5.74) is 1.24. The lowest BCUT2D eigenvalue weighted by Crippen LogP contribution is -2.35. The van der Waals surface area contributed by atoms with Crippen molar-refractivity contribution in [2.45, 2.75) is 24.3 Å². The number of rotatable bonds is 4. The van der Waals surface area contributed by atoms with Crippen molar-refractivity contribution in [2.75, 3.05) is 9.62 Å². The van der Waals surface area contributed by atoms with E-state index in [-0.39, 0.29) is 22.2 Å². The van der Waals surface area contributed by atoms with Gasteiger partial charge in [0.05, 0.1) is 16.3 Å². The minimum Gasteiger partial charge on any atom is -0.319 e. The first kappa shape index (κ1) is 20.0. The van der Waals surface area contributed by atoms with Crippen molar-refractivity contribution in [3.8, 4) is 0 Å². The molecule has 0 aromatic heterocycles. The normalized spacial score (nSPS) is 15.7. The molecule has 3 aromatic rings. The molecular formula is C22H18F2N2O3S. The molecule has 1 heterocycles. The van der Waals surface area contributed by atoms with E-state index >= 15 is 0 Å². The van der Waals surface area contributed by atoms with Crippen molar-refractivity contribution < 1.29 is 22.0 Å². The molecule has 154 valence electrons. The Kier molecular flexibility index (Phi) is 5.03. The third-order valence-corrected chi connectivity index (χ3v) is 6.90. The number of carbonyl (C=O) groups is 1. The number of carbonyl (C=O) groups excluding carboxylic acids is 1. The van der Waals surface area contributed by atoms with Crippen LogP contribution in [0.1, 0.15) is 22.8 Å². The third kappa shape index (κ3) is 3.54. The number of halogens is 2. The van der Waals surface area contributed by atoms with Gasteiger partial charge in [0.25, 0.3) is 15.9 Å². The van der Waals surface area contributed by atoms with E-state index in [9.17, 15) is 22.0 Å². The van der Waals surface area contributed by atoms with Crippen LogP contribution in [0.25, 0.3) is 0 Å². The molecule has 5 nitrogen and oxygen atoms in total. The van der Waals surface area contributed by atoms with Gasteiger partial charge in [-0.05, 0) is 55.3 Å². The molecule has 0 radical (unpaired) electrons. The highest BCUT2D eigenvalue weighted by Crippen LogP contribution is 2.36. The van der Waals surface area contributed by atoms with Crippen LogP contribution in [-0.2, 0) is 16.4 Å². The average Bonchev–Trinajstić information content (AvgIpc) is 3.07. The molecule has 8 heteroatoms. The van der Waals surface area contributed by atoms with Gasteiger partial charge in [-0.25, -0.2) is 17.2 Å². The molecule has 1 N–H and O–H groups in total. The first-order chi connectivity index (χ1) is 14.3. The van der Waals surface area contributed by atoms with Gasteiger partial charge in [0.2, 0.25) is 0 Å². The van der Waals surface area contributed by atoms with E-state index in [0.717, 1.165) is 23.8 Å². The smallest absolute Gasteiger partial charge is 0.264 e. The van der Waals surface area contributed by atoms with Gasteiger partial charge in [-0.1, -0.05) is 24.3 Å². The first-order valence-electron chi connectivity index (χ1n) is 9.26. The summed E-state index contributed by atoms with van der Waals surface area (Å²) in [7, 11) is -3.93. The molecule has 0 unspecified atom stereocenters. The van der Waals surface area contributed by atoms with E-state index in [1.54, 1.807) is 12.1 Å². The maximum atomic E-state index is 13.8. The fraction of sp³-hybridized carbons (Fsp3) is 0.136. The van der Waals surface area contributed by atoms with Gasteiger partial charge in [-0.15, -0.1) is 0 Å². The van der Waals surface area contributed by atoms with Gasteiger partial charge in [-0.3, -0.25) is 9.10 Å². The molecule has 1 atom stereocenters. The van der Waals surface area contributed by atoms with Crippen molar-refractivity contribution in [3.63, 3.8) is 0 Å². The molecule has 0 saturated carbocycles. The van der Waals surface area contributed by atoms with Gasteiger partial charge >= 0.3 is 0 Å². The molecule has 0 aliphatic carbocycles. The molecule has 1 aliphatic rings. The molecule has 0 fully saturated rings. The predicted octanol–water partition coefficient (Wildman–Crippen LogP) is 4.36. The summed E-state index contributed by atoms with van der Waals surface area (Å²) < 4.78 is 55.2. The van der Waals surface area contributed by atoms with Gasteiger partial charge in [0.1, 0.15) is 11.6 Å². The second kappa shape index (κ2) is 7.53. The largest absolute Gasteiger partial charge is 0.319 e. The van der Waals surface area contributed by atoms with Crippen LogP contribution in [-0.4, -0.2) is 20.4 Å². The van der Waals surface area contributed by atoms with Crippen LogP contribution in [0.2, 0.25) is 0 Å². The summed E-state index contributed by atoms with van der Waals surface area (Å²) in [6.07, 6.45) is 0.592. The number of sulfonamides is 1. The van der Waals surface area contributed by atoms with Crippen molar-refractivity contribution in [1.82, 2.24) is 0 Å². The Morgan fingerprint density at radius 3 is 2.60 bits per heavy atom. The first-order valence-corrected chi connectivity index (χ1v) is 10.7. The molecule has 4 rings (SSSR count). The molecule has 1 amide bonds. The van der Waals surface area contributed by atoms with E-state index in [1.807, 2.05) is 19.1 Å². The fourth-order valence-corrected chi connectivity index (χ4v) is 5.34. The molecule has 0 spiro atoms. The average molecular weight is 428 g/mol. The second-order valence-corrected chi connectivity index (χ2v) is 8.90. The molecule has 1 aliphatic heterocycles. The van der Waals surface area contributed by atoms with Gasteiger partial charge < -0.3 is 5.32 Å². The van der Waals surface area contributed by atoms with Crippen LogP contribution in [0.3, 0.4) is 0 Å². The van der Waals surface area contributed by atoms with Crippen molar-refractivity contribution in [1.29, 1.82) is 0 Å². The van der Waals surface area contributed by atoms with Crippen molar-refractivity contribution in [2.24, 2.45) is 0 Å². The van der Waals surface area contributed by atoms with Gasteiger partial charge in [0, 0.05) is 17.7 Å². The highest BCUT2D eigenvalue weighted by molar-refractivity contribution is 7.92. The number of nitrogens with one attached hydrogen (secondary N) is 1. The summed E-state index contributed by atoms with van der Waals surface area (Å²) in [5, 5.41) is 2.28. The number of amides is 1. The molecular weight excluding hydrogens is 410 g/mol. The lowest BCUT2D eigenvalue weighted by atomic mass is 10.1. The van der Waals surface area contributed by atoms with Crippen LogP contribution in [0.5, 0.6) is 0 Å². The fourth-order valence-electron chi connectivity index (χ4n) is 3.60. The Morgan fingerprint density at radius 2 is 1.80 bits per heavy atom. The van der Waals surface area contributed by atoms with E-state index in [1.165, 1.54) is 28.6 Å². The van der Waals surface area contributed by atoms with Crippen LogP contribution in [0.4, 0.5) is 20.2 Å². The van der Waals surface area contributed by atoms with E-state index in [2.05, 4.69) is 5.32 Å². The van der Waals surface area contributed by atoms with Crippen LogP contribution >= 0.6 is 0 Å². The van der Waals surface area contributed by atoms with Gasteiger partial charge in [0.15, 0.2) is 0 Å². The lowest BCUT2D eigenvalue weighted by molar-refractivity contribution is 0.102. The number of benzene rings is 3. The summed E-state index contributed by atoms with van der Waals surface area (Å²) in [5.74, 6) is -2.24. The standard InChI is InChI=1S/C22H18F2N2O3S/c1-14-11-15-5-2-3-8-21(15)26(14)30(28,29)18-7-4-6-16(12-18)22(27)25-20-13-17(23)9-10-19(20)24/h2-10,12-14H,11H2,1H3,(H,25,27)/t14-/m1/s1. The number of anilines is 2. The van der Waals surface area contributed by atoms with Crippen LogP contribution < -0.4 is 9.62 Å². The van der Waals surface area contributed by atoms with Crippen LogP contribution in [0.15, 0.2) is 71.6 Å². The van der Waals surface area contributed by atoms with Crippen molar-refractivity contribution in [3.05, 3.63) is 89.5 Å². The Bertz CT molecular complexity index is 1240. The zero-order valence-corrected chi connectivity index (χ0v) is 16.8. The SMILES string of the molecule is C[C@@H]1Cc2ccccc2N1S(=O)(=O)c1cccc(C(=O)Nc2cc(F)ccc2F)c1. The molecule has 0 saturated heterocycles. The Hall–Kier alpha value is -3.26. The van der Waals surface area contributed by atoms with E-state index < -0.39 is 27.6 Å². The molecule has 0 bridgehead atoms. The van der Waals surface area contributed by atoms with Crippen molar-refractivity contribution >= 4 is 27.3 Å². The summed E-state index contributed by atoms with van der Waals surface area (Å²) in [6.45, 7) is 1.82. The predicted molar refractivity (Wildman–Crippen MR) is 110 cm³/mol. The minimum atomic E-state index is -3.93. The highest BCUT2D eigenvalue weighted by atomic mass is 32.2. The zero-order chi connectivity index (χ0) is 21.5. The maximum Gasteiger partial charge on any atom is 0.264 e. The van der Waals surface area contributed by atoms with Gasteiger partial charge in [-0.2, -0.15) is 0 Å². The quantitative estimate of drug-likeness (QED) is 0.672. The zero-order valence-electron chi connectivity index (χ0n) is 16.0. The number of fused-ring (bicyclic) bond motifs is 1. The van der Waals surface area contributed by atoms with E-state index in [0.29, 0.717) is 12.1 Å². The third-order valence-electron chi connectivity index (χ3n) is 4.97.